The number of rotatable bonds is 18. The Morgan fingerprint density at radius 2 is 1.00 bits per heavy atom. The molecule has 3 heteroatoms. The second-order valence-electron chi connectivity index (χ2n) is 7.15. The van der Waals surface area contributed by atoms with Crippen molar-refractivity contribution in [1.82, 2.24) is 0 Å². The van der Waals surface area contributed by atoms with Gasteiger partial charge in [0.2, 0.25) is 0 Å². The Morgan fingerprint density at radius 1 is 0.652 bits per heavy atom. The van der Waals surface area contributed by atoms with Crippen LogP contribution in [0.2, 0.25) is 0 Å². The van der Waals surface area contributed by atoms with Gasteiger partial charge in [0.15, 0.2) is 0 Å². The molecule has 23 heavy (non-hydrogen) atoms. The molecule has 0 heterocycles. The van der Waals surface area contributed by atoms with Crippen LogP contribution in [0.25, 0.3) is 0 Å². The Bertz CT molecular complexity index is 224. The van der Waals surface area contributed by atoms with Crippen LogP contribution in [0.15, 0.2) is 0 Å². The lowest BCUT2D eigenvalue weighted by Crippen LogP contribution is -2.37. The van der Waals surface area contributed by atoms with Gasteiger partial charge in [0, 0.05) is 0 Å². The van der Waals surface area contributed by atoms with Crippen molar-refractivity contribution in [2.75, 3.05) is 6.61 Å². The van der Waals surface area contributed by atoms with Gasteiger partial charge in [-0.05, 0) is 6.42 Å². The molecule has 0 saturated heterocycles. The molecule has 0 bridgehead atoms. The molecule has 4 N–H and O–H groups in total. The molecule has 3 nitrogen and oxygen atoms in total. The monoisotopic (exact) mass is 329 g/mol. The van der Waals surface area contributed by atoms with Crippen LogP contribution >= 0.6 is 0 Å². The largest absolute Gasteiger partial charge is 0.395 e. The van der Waals surface area contributed by atoms with Gasteiger partial charge < -0.3 is 15.9 Å². The number of hydrogen-bond acceptors (Lipinski definition) is 3. The summed E-state index contributed by atoms with van der Waals surface area (Å²) in [4.78, 5) is 0. The van der Waals surface area contributed by atoms with Crippen LogP contribution in [0.5, 0.6) is 0 Å². The van der Waals surface area contributed by atoms with Crippen molar-refractivity contribution in [3.05, 3.63) is 0 Å². The fourth-order valence-corrected chi connectivity index (χ4v) is 3.06. The third kappa shape index (κ3) is 16.5. The molecule has 0 aliphatic rings. The molecule has 0 spiro atoms. The minimum atomic E-state index is -0.540. The van der Waals surface area contributed by atoms with Crippen LogP contribution < -0.4 is 5.73 Å². The molecule has 0 aromatic heterocycles. The smallest absolute Gasteiger partial charge is 0.0713 e. The highest BCUT2D eigenvalue weighted by Gasteiger charge is 2.12. The zero-order chi connectivity index (χ0) is 17.2. The van der Waals surface area contributed by atoms with Gasteiger partial charge >= 0.3 is 0 Å². The molecular weight excluding hydrogens is 286 g/mol. The first-order valence-electron chi connectivity index (χ1n) is 10.3. The predicted molar refractivity (Wildman–Crippen MR) is 101 cm³/mol. The number of hydrogen-bond donors (Lipinski definition) is 3. The average molecular weight is 330 g/mol. The summed E-state index contributed by atoms with van der Waals surface area (Å²) in [6, 6.07) is -0.471. The zero-order valence-electron chi connectivity index (χ0n) is 15.6. The number of unbranched alkanes of at least 4 members (excludes halogenated alkanes) is 14. The number of aliphatic hydroxyl groups is 2. The van der Waals surface area contributed by atoms with Gasteiger partial charge in [0.25, 0.3) is 0 Å². The van der Waals surface area contributed by atoms with Gasteiger partial charge in [0.1, 0.15) is 0 Å². The van der Waals surface area contributed by atoms with E-state index in [0.29, 0.717) is 0 Å². The van der Waals surface area contributed by atoms with Crippen molar-refractivity contribution >= 4 is 0 Å². The summed E-state index contributed by atoms with van der Waals surface area (Å²) < 4.78 is 0. The maximum atomic E-state index is 9.64. The molecule has 0 aliphatic heterocycles. The van der Waals surface area contributed by atoms with Crippen LogP contribution in [0.3, 0.4) is 0 Å². The van der Waals surface area contributed by atoms with Crippen LogP contribution in [-0.4, -0.2) is 29.0 Å². The molecule has 0 aromatic carbocycles. The first kappa shape index (κ1) is 22.9. The Kier molecular flexibility index (Phi) is 18.1. The molecule has 0 rings (SSSR count). The summed E-state index contributed by atoms with van der Waals surface area (Å²) in [5.74, 6) is 0. The third-order valence-corrected chi connectivity index (χ3v) is 4.81. The fourth-order valence-electron chi connectivity index (χ4n) is 3.06. The van der Waals surface area contributed by atoms with E-state index in [1.807, 2.05) is 0 Å². The van der Waals surface area contributed by atoms with Crippen molar-refractivity contribution in [3.8, 4) is 0 Å². The third-order valence-electron chi connectivity index (χ3n) is 4.81. The SMILES string of the molecule is CCCCCCCCCCCCCCCCC[C@@H](O)[C@H](N)CO. The minimum Gasteiger partial charge on any atom is -0.395 e. The lowest BCUT2D eigenvalue weighted by molar-refractivity contribution is 0.0990. The summed E-state index contributed by atoms with van der Waals surface area (Å²) in [5.41, 5.74) is 5.58. The summed E-state index contributed by atoms with van der Waals surface area (Å²) in [6.45, 7) is 2.15. The summed E-state index contributed by atoms with van der Waals surface area (Å²) in [6.07, 6.45) is 20.4. The maximum Gasteiger partial charge on any atom is 0.0713 e. The zero-order valence-corrected chi connectivity index (χ0v) is 15.6. The van der Waals surface area contributed by atoms with Crippen LogP contribution in [0.4, 0.5) is 0 Å². The van der Waals surface area contributed by atoms with Gasteiger partial charge in [0.05, 0.1) is 18.8 Å². The van der Waals surface area contributed by atoms with Crippen molar-refractivity contribution in [2.45, 2.75) is 122 Å². The molecule has 0 radical (unpaired) electrons. The van der Waals surface area contributed by atoms with E-state index in [1.54, 1.807) is 0 Å². The standard InChI is InChI=1S/C20H43NO2/c1-2-3-4-5-6-7-8-9-10-11-12-13-14-15-16-17-20(23)19(21)18-22/h19-20,22-23H,2-18,21H2,1H3/t19-,20-/m1/s1. The topological polar surface area (TPSA) is 66.5 Å². The van der Waals surface area contributed by atoms with Crippen molar-refractivity contribution in [1.29, 1.82) is 0 Å². The molecular formula is C20H43NO2. The molecule has 0 aromatic rings. The summed E-state index contributed by atoms with van der Waals surface area (Å²) in [7, 11) is 0. The maximum absolute atomic E-state index is 9.64. The van der Waals surface area contributed by atoms with Crippen LogP contribution in [0.1, 0.15) is 110 Å². The van der Waals surface area contributed by atoms with E-state index >= 15 is 0 Å². The number of aliphatic hydroxyl groups excluding tert-OH is 2. The Balaban J connectivity index is 3.08. The second-order valence-corrected chi connectivity index (χ2v) is 7.15. The Morgan fingerprint density at radius 3 is 1.35 bits per heavy atom. The quantitative estimate of drug-likeness (QED) is 0.312. The highest BCUT2D eigenvalue weighted by atomic mass is 16.3. The predicted octanol–water partition coefficient (Wildman–Crippen LogP) is 4.93. The first-order valence-corrected chi connectivity index (χ1v) is 10.3. The fraction of sp³-hybridized carbons (Fsp3) is 1.00. The number of nitrogens with two attached hydrogens (primary N) is 1. The van der Waals surface area contributed by atoms with E-state index < -0.39 is 12.1 Å². The Hall–Kier alpha value is -0.120. The van der Waals surface area contributed by atoms with E-state index in [1.165, 1.54) is 89.9 Å². The lowest BCUT2D eigenvalue weighted by Gasteiger charge is -2.15. The van der Waals surface area contributed by atoms with Crippen LogP contribution in [0, 0.1) is 0 Å². The molecule has 0 aliphatic carbocycles. The van der Waals surface area contributed by atoms with Crippen molar-refractivity contribution in [3.63, 3.8) is 0 Å². The van der Waals surface area contributed by atoms with Gasteiger partial charge in [-0.1, -0.05) is 103 Å². The second kappa shape index (κ2) is 18.2. The average Bonchev–Trinajstić information content (AvgIpc) is 2.57. The normalized spacial score (nSPS) is 14.1. The first-order chi connectivity index (χ1) is 11.2. The highest BCUT2D eigenvalue weighted by Crippen LogP contribution is 2.14. The van der Waals surface area contributed by atoms with E-state index in [9.17, 15) is 5.11 Å². The lowest BCUT2D eigenvalue weighted by atomic mass is 10.0. The van der Waals surface area contributed by atoms with Crippen LogP contribution in [-0.2, 0) is 0 Å². The molecule has 0 unspecified atom stereocenters. The molecule has 0 amide bonds. The minimum absolute atomic E-state index is 0.125. The Labute approximate surface area is 145 Å². The van der Waals surface area contributed by atoms with Gasteiger partial charge in [-0.2, -0.15) is 0 Å². The molecule has 140 valence electrons. The van der Waals surface area contributed by atoms with Gasteiger partial charge in [-0.25, -0.2) is 0 Å². The van der Waals surface area contributed by atoms with Gasteiger partial charge in [-0.3, -0.25) is 0 Å². The van der Waals surface area contributed by atoms with Crippen molar-refractivity contribution in [2.24, 2.45) is 5.73 Å². The van der Waals surface area contributed by atoms with Crippen molar-refractivity contribution < 1.29 is 10.2 Å². The molecule has 0 fully saturated rings. The van der Waals surface area contributed by atoms with E-state index in [2.05, 4.69) is 6.92 Å². The van der Waals surface area contributed by atoms with E-state index in [4.69, 9.17) is 10.8 Å². The summed E-state index contributed by atoms with van der Waals surface area (Å²) >= 11 is 0. The highest BCUT2D eigenvalue weighted by molar-refractivity contribution is 4.70. The molecule has 0 saturated carbocycles. The summed E-state index contributed by atoms with van der Waals surface area (Å²) in [5, 5.41) is 18.5. The van der Waals surface area contributed by atoms with Gasteiger partial charge in [-0.15, -0.1) is 0 Å². The van der Waals surface area contributed by atoms with E-state index in [0.717, 1.165) is 12.8 Å². The van der Waals surface area contributed by atoms with E-state index in [-0.39, 0.29) is 6.61 Å². The molecule has 2 atom stereocenters.